The van der Waals surface area contributed by atoms with Gasteiger partial charge in [0.2, 0.25) is 0 Å². The molecule has 1 unspecified atom stereocenters. The van der Waals surface area contributed by atoms with E-state index < -0.39 is 12.0 Å². The maximum absolute atomic E-state index is 11.6. The Labute approximate surface area is 136 Å². The maximum Gasteiger partial charge on any atom is 0.320 e. The van der Waals surface area contributed by atoms with Gasteiger partial charge in [0.1, 0.15) is 11.8 Å². The minimum atomic E-state index is -0.744. The first-order valence-corrected chi connectivity index (χ1v) is 7.85. The van der Waals surface area contributed by atoms with Crippen molar-refractivity contribution >= 4 is 5.97 Å². The van der Waals surface area contributed by atoms with Crippen LogP contribution in [-0.2, 0) is 11.3 Å². The summed E-state index contributed by atoms with van der Waals surface area (Å²) < 4.78 is 5.27. The quantitative estimate of drug-likeness (QED) is 0.918. The monoisotopic (exact) mass is 311 g/mol. The van der Waals surface area contributed by atoms with E-state index in [-0.39, 0.29) is 6.04 Å². The van der Waals surface area contributed by atoms with Crippen molar-refractivity contribution in [3.63, 3.8) is 0 Å². The average Bonchev–Trinajstić information content (AvgIpc) is 2.99. The Hall–Kier alpha value is -2.33. The number of rotatable bonds is 5. The molecule has 2 aromatic rings. The van der Waals surface area contributed by atoms with Gasteiger partial charge in [-0.05, 0) is 36.1 Å². The first-order chi connectivity index (χ1) is 11.2. The fraction of sp³-hybridized carbons (Fsp3) is 0.316. The van der Waals surface area contributed by atoms with Gasteiger partial charge in [0.15, 0.2) is 0 Å². The van der Waals surface area contributed by atoms with Crippen LogP contribution in [0.15, 0.2) is 54.6 Å². The van der Waals surface area contributed by atoms with Crippen LogP contribution in [0, 0.1) is 0 Å². The third-order valence-electron chi connectivity index (χ3n) is 4.48. The second kappa shape index (κ2) is 6.84. The predicted molar refractivity (Wildman–Crippen MR) is 88.4 cm³/mol. The lowest BCUT2D eigenvalue weighted by Gasteiger charge is -2.28. The van der Waals surface area contributed by atoms with Gasteiger partial charge in [-0.3, -0.25) is 9.69 Å². The zero-order chi connectivity index (χ0) is 16.2. The number of nitrogens with zero attached hydrogens (tertiary/aromatic N) is 1. The molecule has 0 saturated carbocycles. The number of benzene rings is 2. The van der Waals surface area contributed by atoms with E-state index in [9.17, 15) is 9.90 Å². The lowest BCUT2D eigenvalue weighted by atomic mass is 10.0. The number of carbonyl (C=O) groups is 1. The SMILES string of the molecule is COc1cccc(CN2C(C(=O)O)CC[C@H]2c2ccccc2)c1. The molecule has 0 aromatic heterocycles. The summed E-state index contributed by atoms with van der Waals surface area (Å²) in [5, 5.41) is 9.56. The van der Waals surface area contributed by atoms with E-state index in [1.165, 1.54) is 5.56 Å². The Bertz CT molecular complexity index is 671. The van der Waals surface area contributed by atoms with Gasteiger partial charge in [-0.2, -0.15) is 0 Å². The largest absolute Gasteiger partial charge is 0.497 e. The van der Waals surface area contributed by atoms with Crippen LogP contribution in [0.5, 0.6) is 5.75 Å². The van der Waals surface area contributed by atoms with Gasteiger partial charge in [-0.1, -0.05) is 42.5 Å². The number of methoxy groups -OCH3 is 1. The molecule has 2 atom stereocenters. The van der Waals surface area contributed by atoms with Crippen LogP contribution < -0.4 is 4.74 Å². The molecule has 0 amide bonds. The Kier molecular flexibility index (Phi) is 4.63. The number of hydrogen-bond donors (Lipinski definition) is 1. The molecule has 1 fully saturated rings. The molecule has 0 bridgehead atoms. The summed E-state index contributed by atoms with van der Waals surface area (Å²) in [5.41, 5.74) is 2.25. The van der Waals surface area contributed by atoms with Crippen molar-refractivity contribution in [2.75, 3.05) is 7.11 Å². The zero-order valence-corrected chi connectivity index (χ0v) is 13.2. The van der Waals surface area contributed by atoms with Gasteiger partial charge in [0, 0.05) is 12.6 Å². The summed E-state index contributed by atoms with van der Waals surface area (Å²) in [6, 6.07) is 17.7. The summed E-state index contributed by atoms with van der Waals surface area (Å²) in [6.45, 7) is 0.605. The number of aliphatic carboxylic acids is 1. The van der Waals surface area contributed by atoms with Crippen LogP contribution >= 0.6 is 0 Å². The van der Waals surface area contributed by atoms with Crippen molar-refractivity contribution in [1.29, 1.82) is 0 Å². The topological polar surface area (TPSA) is 49.8 Å². The molecule has 0 radical (unpaired) electrons. The van der Waals surface area contributed by atoms with Crippen molar-refractivity contribution in [1.82, 2.24) is 4.90 Å². The van der Waals surface area contributed by atoms with Crippen LogP contribution in [0.25, 0.3) is 0 Å². The molecule has 1 aliphatic heterocycles. The van der Waals surface area contributed by atoms with E-state index in [2.05, 4.69) is 17.0 Å². The molecule has 4 heteroatoms. The van der Waals surface area contributed by atoms with Gasteiger partial charge in [0.05, 0.1) is 7.11 Å². The van der Waals surface area contributed by atoms with Crippen LogP contribution in [-0.4, -0.2) is 29.1 Å². The third-order valence-corrected chi connectivity index (χ3v) is 4.48. The molecule has 120 valence electrons. The second-order valence-corrected chi connectivity index (χ2v) is 5.88. The molecule has 23 heavy (non-hydrogen) atoms. The van der Waals surface area contributed by atoms with Crippen molar-refractivity contribution in [3.8, 4) is 5.75 Å². The Morgan fingerprint density at radius 1 is 1.17 bits per heavy atom. The van der Waals surface area contributed by atoms with Crippen LogP contribution in [0.4, 0.5) is 0 Å². The zero-order valence-electron chi connectivity index (χ0n) is 13.2. The highest BCUT2D eigenvalue weighted by Gasteiger charge is 2.38. The average molecular weight is 311 g/mol. The molecule has 3 rings (SSSR count). The highest BCUT2D eigenvalue weighted by atomic mass is 16.5. The van der Waals surface area contributed by atoms with E-state index in [0.717, 1.165) is 17.7 Å². The lowest BCUT2D eigenvalue weighted by Crippen LogP contribution is -2.36. The molecule has 1 saturated heterocycles. The van der Waals surface area contributed by atoms with Gasteiger partial charge in [0.25, 0.3) is 0 Å². The van der Waals surface area contributed by atoms with E-state index in [1.807, 2.05) is 42.5 Å². The molecular formula is C19H21NO3. The lowest BCUT2D eigenvalue weighted by molar-refractivity contribution is -0.142. The fourth-order valence-electron chi connectivity index (χ4n) is 3.37. The summed E-state index contributed by atoms with van der Waals surface area (Å²) in [5.74, 6) is 0.0520. The number of carboxylic acids is 1. The van der Waals surface area contributed by atoms with Gasteiger partial charge < -0.3 is 9.84 Å². The number of carboxylic acid groups (broad SMARTS) is 1. The van der Waals surface area contributed by atoms with E-state index in [1.54, 1.807) is 7.11 Å². The number of hydrogen-bond acceptors (Lipinski definition) is 3. The minimum absolute atomic E-state index is 0.142. The standard InChI is InChI=1S/C19H21NO3/c1-23-16-9-5-6-14(12-16)13-20-17(10-11-18(20)19(21)22)15-7-3-2-4-8-15/h2-9,12,17-18H,10-11,13H2,1H3,(H,21,22)/t17-,18?/m0/s1. The molecule has 1 N–H and O–H groups in total. The first kappa shape index (κ1) is 15.6. The molecular weight excluding hydrogens is 290 g/mol. The highest BCUT2D eigenvalue weighted by molar-refractivity contribution is 5.74. The van der Waals surface area contributed by atoms with Gasteiger partial charge in [-0.25, -0.2) is 0 Å². The summed E-state index contributed by atoms with van der Waals surface area (Å²) in [6.07, 6.45) is 1.55. The normalized spacial score (nSPS) is 21.3. The Morgan fingerprint density at radius 2 is 1.96 bits per heavy atom. The molecule has 2 aromatic carbocycles. The molecule has 1 aliphatic rings. The van der Waals surface area contributed by atoms with Crippen LogP contribution in [0.1, 0.15) is 30.0 Å². The Balaban J connectivity index is 1.88. The highest BCUT2D eigenvalue weighted by Crippen LogP contribution is 2.37. The maximum atomic E-state index is 11.6. The second-order valence-electron chi connectivity index (χ2n) is 5.88. The van der Waals surface area contributed by atoms with Gasteiger partial charge >= 0.3 is 5.97 Å². The smallest absolute Gasteiger partial charge is 0.320 e. The van der Waals surface area contributed by atoms with Crippen molar-refractivity contribution in [3.05, 3.63) is 65.7 Å². The van der Waals surface area contributed by atoms with Crippen LogP contribution in [0.2, 0.25) is 0 Å². The van der Waals surface area contributed by atoms with Crippen LogP contribution in [0.3, 0.4) is 0 Å². The first-order valence-electron chi connectivity index (χ1n) is 7.85. The number of likely N-dealkylation sites (tertiary alicyclic amines) is 1. The van der Waals surface area contributed by atoms with E-state index in [0.29, 0.717) is 13.0 Å². The van der Waals surface area contributed by atoms with E-state index >= 15 is 0 Å². The summed E-state index contributed by atoms with van der Waals surface area (Å²) in [4.78, 5) is 13.7. The van der Waals surface area contributed by atoms with Crippen molar-refractivity contribution in [2.24, 2.45) is 0 Å². The fourth-order valence-corrected chi connectivity index (χ4v) is 3.37. The molecule has 4 nitrogen and oxygen atoms in total. The van der Waals surface area contributed by atoms with Gasteiger partial charge in [-0.15, -0.1) is 0 Å². The molecule has 0 spiro atoms. The summed E-state index contributed by atoms with van der Waals surface area (Å²) >= 11 is 0. The third kappa shape index (κ3) is 3.37. The van der Waals surface area contributed by atoms with Crippen molar-refractivity contribution in [2.45, 2.75) is 31.5 Å². The number of ether oxygens (including phenoxy) is 1. The summed E-state index contributed by atoms with van der Waals surface area (Å²) in [7, 11) is 1.64. The minimum Gasteiger partial charge on any atom is -0.497 e. The Morgan fingerprint density at radius 3 is 2.65 bits per heavy atom. The predicted octanol–water partition coefficient (Wildman–Crippen LogP) is 3.49. The van der Waals surface area contributed by atoms with Crippen molar-refractivity contribution < 1.29 is 14.6 Å². The molecule has 0 aliphatic carbocycles. The van der Waals surface area contributed by atoms with E-state index in [4.69, 9.17) is 4.74 Å². The molecule has 1 heterocycles.